The van der Waals surface area contributed by atoms with Crippen molar-refractivity contribution in [3.8, 4) is 0 Å². The maximum absolute atomic E-state index is 12.8. The number of benzene rings is 2. The minimum absolute atomic E-state index is 0.145. The Kier molecular flexibility index (Phi) is 5.82. The highest BCUT2D eigenvalue weighted by Gasteiger charge is 2.36. The van der Waals surface area contributed by atoms with E-state index >= 15 is 0 Å². The maximum Gasteiger partial charge on any atom is 0.261 e. The summed E-state index contributed by atoms with van der Waals surface area (Å²) in [6.45, 7) is 8.32. The van der Waals surface area contributed by atoms with Gasteiger partial charge in [0.1, 0.15) is 8.24 Å². The van der Waals surface area contributed by atoms with Gasteiger partial charge in [-0.05, 0) is 61.1 Å². The number of nitrogens with zero attached hydrogens (tertiary/aromatic N) is 2. The van der Waals surface area contributed by atoms with E-state index < -0.39 is 8.24 Å². The molecule has 5 heteroatoms. The summed E-state index contributed by atoms with van der Waals surface area (Å²) in [6.07, 6.45) is 0.830. The van der Waals surface area contributed by atoms with Gasteiger partial charge in [0, 0.05) is 6.54 Å². The molecule has 0 unspecified atom stereocenters. The van der Waals surface area contributed by atoms with Crippen LogP contribution in [-0.2, 0) is 0 Å². The number of imide groups is 1. The summed E-state index contributed by atoms with van der Waals surface area (Å²) in [5, 5.41) is 2.01. The van der Waals surface area contributed by atoms with Gasteiger partial charge in [0.05, 0.1) is 11.1 Å². The number of amides is 2. The van der Waals surface area contributed by atoms with E-state index in [1.54, 1.807) is 0 Å². The Morgan fingerprint density at radius 3 is 1.81 bits per heavy atom. The average Bonchev–Trinajstić information content (AvgIpc) is 2.92. The van der Waals surface area contributed by atoms with Gasteiger partial charge in [-0.25, -0.2) is 0 Å². The van der Waals surface area contributed by atoms with Gasteiger partial charge >= 0.3 is 0 Å². The molecule has 1 heterocycles. The van der Waals surface area contributed by atoms with E-state index in [-0.39, 0.29) is 11.8 Å². The van der Waals surface area contributed by atoms with Crippen LogP contribution in [0.4, 0.5) is 0 Å². The average molecular weight is 383 g/mol. The first kappa shape index (κ1) is 19.8. The zero-order valence-corrected chi connectivity index (χ0v) is 17.9. The van der Waals surface area contributed by atoms with Crippen LogP contribution < -0.4 is 0 Å². The first-order valence-electron chi connectivity index (χ1n) is 10.1. The fourth-order valence-corrected chi connectivity index (χ4v) is 8.20. The summed E-state index contributed by atoms with van der Waals surface area (Å²) in [5.74, 6) is -0.290. The third-order valence-corrected chi connectivity index (χ3v) is 12.3. The SMILES string of the molecule is CC[Si](CC)(CC)N(C)CCCN1C(=O)c2cc3ccccc3cc2C1=O. The molecule has 0 bridgehead atoms. The van der Waals surface area contributed by atoms with Crippen molar-refractivity contribution >= 4 is 30.8 Å². The number of hydrogen-bond acceptors (Lipinski definition) is 3. The standard InChI is InChI=1S/C22H30N2O2Si/c1-5-27(6-2,7-3)23(4)13-10-14-24-21(25)19-15-17-11-8-9-12-18(17)16-20(19)22(24)26/h8-9,11-12,15-16H,5-7,10,13-14H2,1-4H3. The molecule has 0 aromatic heterocycles. The summed E-state index contributed by atoms with van der Waals surface area (Å²) in [5.41, 5.74) is 1.10. The first-order chi connectivity index (χ1) is 13.0. The van der Waals surface area contributed by atoms with Gasteiger partial charge in [-0.1, -0.05) is 45.0 Å². The fourth-order valence-electron chi connectivity index (χ4n) is 4.44. The second-order valence-electron chi connectivity index (χ2n) is 7.57. The molecule has 2 aromatic carbocycles. The zero-order valence-electron chi connectivity index (χ0n) is 16.9. The molecular formula is C22H30N2O2Si. The number of carbonyl (C=O) groups excluding carboxylic acids is 2. The summed E-state index contributed by atoms with van der Waals surface area (Å²) in [7, 11) is 0.837. The molecular weight excluding hydrogens is 352 g/mol. The Morgan fingerprint density at radius 1 is 0.889 bits per heavy atom. The number of rotatable bonds is 8. The molecule has 0 atom stereocenters. The van der Waals surface area contributed by atoms with Crippen LogP contribution in [0.5, 0.6) is 0 Å². The third-order valence-electron chi connectivity index (χ3n) is 6.50. The van der Waals surface area contributed by atoms with Gasteiger partial charge in [-0.3, -0.25) is 14.5 Å². The van der Waals surface area contributed by atoms with Crippen molar-refractivity contribution in [3.05, 3.63) is 47.5 Å². The van der Waals surface area contributed by atoms with Crippen LogP contribution in [-0.4, -0.2) is 49.7 Å². The molecule has 0 saturated carbocycles. The lowest BCUT2D eigenvalue weighted by Gasteiger charge is -2.38. The predicted octanol–water partition coefficient (Wildman–Crippen LogP) is 4.76. The van der Waals surface area contributed by atoms with Crippen LogP contribution in [0.3, 0.4) is 0 Å². The predicted molar refractivity (Wildman–Crippen MR) is 114 cm³/mol. The number of hydrogen-bond donors (Lipinski definition) is 0. The van der Waals surface area contributed by atoms with E-state index in [2.05, 4.69) is 32.4 Å². The summed E-state index contributed by atoms with van der Waals surface area (Å²) >= 11 is 0. The second-order valence-corrected chi connectivity index (χ2v) is 12.9. The molecule has 0 aliphatic carbocycles. The molecule has 27 heavy (non-hydrogen) atoms. The van der Waals surface area contributed by atoms with E-state index in [4.69, 9.17) is 0 Å². The van der Waals surface area contributed by atoms with Gasteiger partial charge in [0.15, 0.2) is 0 Å². The Bertz CT molecular complexity index is 798. The first-order valence-corrected chi connectivity index (χ1v) is 12.6. The van der Waals surface area contributed by atoms with E-state index in [0.29, 0.717) is 17.7 Å². The molecule has 1 aliphatic rings. The van der Waals surface area contributed by atoms with Crippen LogP contribution >= 0.6 is 0 Å². The summed E-state index contributed by atoms with van der Waals surface area (Å²) < 4.78 is 2.54. The van der Waals surface area contributed by atoms with Gasteiger partial charge in [0.2, 0.25) is 0 Å². The Hall–Kier alpha value is -1.98. The van der Waals surface area contributed by atoms with Crippen molar-refractivity contribution < 1.29 is 9.59 Å². The number of carbonyl (C=O) groups is 2. The molecule has 0 N–H and O–H groups in total. The Morgan fingerprint density at radius 2 is 1.37 bits per heavy atom. The van der Waals surface area contributed by atoms with Crippen LogP contribution in [0.2, 0.25) is 18.1 Å². The molecule has 3 rings (SSSR count). The molecule has 0 saturated heterocycles. The quantitative estimate of drug-likeness (QED) is 0.488. The third kappa shape index (κ3) is 3.46. The van der Waals surface area contributed by atoms with Crippen LogP contribution in [0.25, 0.3) is 10.8 Å². The van der Waals surface area contributed by atoms with Crippen molar-refractivity contribution in [2.75, 3.05) is 20.1 Å². The normalized spacial score (nSPS) is 14.5. The van der Waals surface area contributed by atoms with Gasteiger partial charge in [-0.2, -0.15) is 0 Å². The van der Waals surface area contributed by atoms with E-state index in [1.807, 2.05) is 36.4 Å². The molecule has 144 valence electrons. The molecule has 0 radical (unpaired) electrons. The largest absolute Gasteiger partial charge is 0.326 e. The molecule has 2 amide bonds. The highest BCUT2D eigenvalue weighted by atomic mass is 28.3. The zero-order chi connectivity index (χ0) is 19.6. The topological polar surface area (TPSA) is 40.6 Å². The lowest BCUT2D eigenvalue weighted by Crippen LogP contribution is -2.50. The Labute approximate surface area is 163 Å². The van der Waals surface area contributed by atoms with Crippen molar-refractivity contribution in [1.29, 1.82) is 0 Å². The monoisotopic (exact) mass is 382 g/mol. The van der Waals surface area contributed by atoms with Crippen molar-refractivity contribution in [1.82, 2.24) is 9.47 Å². The summed E-state index contributed by atoms with van der Waals surface area (Å²) in [4.78, 5) is 27.0. The molecule has 1 aliphatic heterocycles. The van der Waals surface area contributed by atoms with E-state index in [1.165, 1.54) is 23.0 Å². The van der Waals surface area contributed by atoms with Crippen LogP contribution in [0.15, 0.2) is 36.4 Å². The number of fused-ring (bicyclic) bond motifs is 2. The lowest BCUT2D eigenvalue weighted by atomic mass is 10.0. The van der Waals surface area contributed by atoms with E-state index in [0.717, 1.165) is 23.7 Å². The van der Waals surface area contributed by atoms with Crippen molar-refractivity contribution in [3.63, 3.8) is 0 Å². The van der Waals surface area contributed by atoms with Crippen LogP contribution in [0, 0.1) is 0 Å². The molecule has 2 aromatic rings. The molecule has 0 spiro atoms. The fraction of sp³-hybridized carbons (Fsp3) is 0.455. The highest BCUT2D eigenvalue weighted by molar-refractivity contribution is 6.76. The highest BCUT2D eigenvalue weighted by Crippen LogP contribution is 2.28. The smallest absolute Gasteiger partial charge is 0.261 e. The molecule has 4 nitrogen and oxygen atoms in total. The maximum atomic E-state index is 12.8. The van der Waals surface area contributed by atoms with Gasteiger partial charge in [-0.15, -0.1) is 0 Å². The van der Waals surface area contributed by atoms with Gasteiger partial charge in [0.25, 0.3) is 11.8 Å². The lowest BCUT2D eigenvalue weighted by molar-refractivity contribution is 0.0651. The van der Waals surface area contributed by atoms with Gasteiger partial charge < -0.3 is 4.57 Å². The van der Waals surface area contributed by atoms with Crippen LogP contribution in [0.1, 0.15) is 47.9 Å². The Balaban J connectivity index is 1.71. The second kappa shape index (κ2) is 7.95. The van der Waals surface area contributed by atoms with E-state index in [9.17, 15) is 9.59 Å². The minimum Gasteiger partial charge on any atom is -0.326 e. The van der Waals surface area contributed by atoms with Crippen molar-refractivity contribution in [2.45, 2.75) is 45.3 Å². The minimum atomic E-state index is -1.38. The van der Waals surface area contributed by atoms with Crippen molar-refractivity contribution in [2.24, 2.45) is 0 Å². The molecule has 0 fully saturated rings. The summed E-state index contributed by atoms with van der Waals surface area (Å²) in [6, 6.07) is 15.3.